The van der Waals surface area contributed by atoms with Crippen molar-refractivity contribution in [1.82, 2.24) is 14.7 Å². The van der Waals surface area contributed by atoms with Gasteiger partial charge in [0.05, 0.1) is 26.3 Å². The molecule has 0 atom stereocenters. The molecular formula is C28H29N3O3. The molecule has 0 saturated heterocycles. The zero-order valence-electron chi connectivity index (χ0n) is 19.8. The largest absolute Gasteiger partial charge is 0.493 e. The molecule has 0 aliphatic rings. The molecule has 0 N–H and O–H groups in total. The summed E-state index contributed by atoms with van der Waals surface area (Å²) in [6.07, 6.45) is 2.55. The van der Waals surface area contributed by atoms with Gasteiger partial charge in [-0.1, -0.05) is 66.7 Å². The molecule has 1 heterocycles. The molecule has 0 fully saturated rings. The number of carbonyl (C=O) groups excluding carboxylic acids is 1. The van der Waals surface area contributed by atoms with E-state index in [2.05, 4.69) is 12.1 Å². The van der Waals surface area contributed by atoms with Crippen LogP contribution in [0.15, 0.2) is 85.1 Å². The normalized spacial score (nSPS) is 10.7. The zero-order chi connectivity index (χ0) is 23.9. The zero-order valence-corrected chi connectivity index (χ0v) is 19.8. The minimum absolute atomic E-state index is 0.0568. The maximum absolute atomic E-state index is 13.5. The highest BCUT2D eigenvalue weighted by Crippen LogP contribution is 2.28. The standard InChI is InChI=1S/C28H29N3O3/c1-30(17-16-21-14-15-25(33-2)26(18-21)34-3)28(32)24-20-31(19-22-10-6-4-7-11-22)29-27(24)23-12-8-5-9-13-23/h4-15,18,20H,16-17,19H2,1-3H3. The molecule has 0 aliphatic carbocycles. The first-order chi connectivity index (χ1) is 16.6. The SMILES string of the molecule is COc1ccc(CCN(C)C(=O)c2cn(Cc3ccccc3)nc2-c2ccccc2)cc1OC. The summed E-state index contributed by atoms with van der Waals surface area (Å²) in [6.45, 7) is 1.16. The molecule has 0 aliphatic heterocycles. The van der Waals surface area contributed by atoms with Gasteiger partial charge in [-0.25, -0.2) is 0 Å². The van der Waals surface area contributed by atoms with Crippen molar-refractivity contribution >= 4 is 5.91 Å². The summed E-state index contributed by atoms with van der Waals surface area (Å²) >= 11 is 0. The van der Waals surface area contributed by atoms with E-state index in [0.29, 0.717) is 42.3 Å². The number of benzene rings is 3. The number of methoxy groups -OCH3 is 2. The Balaban J connectivity index is 1.55. The van der Waals surface area contributed by atoms with Crippen LogP contribution in [0.3, 0.4) is 0 Å². The topological polar surface area (TPSA) is 56.6 Å². The number of likely N-dealkylation sites (N-methyl/N-ethyl adjacent to an activating group) is 1. The molecule has 4 aromatic rings. The van der Waals surface area contributed by atoms with Gasteiger partial charge in [0.2, 0.25) is 0 Å². The Hall–Kier alpha value is -4.06. The lowest BCUT2D eigenvalue weighted by molar-refractivity contribution is 0.0797. The van der Waals surface area contributed by atoms with Crippen molar-refractivity contribution in [2.75, 3.05) is 27.8 Å². The van der Waals surface area contributed by atoms with Gasteiger partial charge in [0, 0.05) is 25.4 Å². The van der Waals surface area contributed by atoms with Crippen LogP contribution in [0.25, 0.3) is 11.3 Å². The average molecular weight is 456 g/mol. The third kappa shape index (κ3) is 5.29. The molecule has 34 heavy (non-hydrogen) atoms. The fourth-order valence-electron chi connectivity index (χ4n) is 3.88. The van der Waals surface area contributed by atoms with Gasteiger partial charge in [0.1, 0.15) is 5.69 Å². The molecule has 4 rings (SSSR count). The van der Waals surface area contributed by atoms with Crippen LogP contribution >= 0.6 is 0 Å². The van der Waals surface area contributed by atoms with Gasteiger partial charge in [-0.05, 0) is 29.7 Å². The molecule has 0 saturated carbocycles. The van der Waals surface area contributed by atoms with Gasteiger partial charge in [0.15, 0.2) is 11.5 Å². The van der Waals surface area contributed by atoms with Crippen molar-refractivity contribution in [3.05, 3.63) is 102 Å². The van der Waals surface area contributed by atoms with E-state index in [4.69, 9.17) is 14.6 Å². The Labute approximate surface area is 200 Å². The molecule has 1 aromatic heterocycles. The molecule has 6 nitrogen and oxygen atoms in total. The number of amides is 1. The Morgan fingerprint density at radius 3 is 2.24 bits per heavy atom. The number of hydrogen-bond donors (Lipinski definition) is 0. The van der Waals surface area contributed by atoms with E-state index in [-0.39, 0.29) is 5.91 Å². The minimum atomic E-state index is -0.0568. The van der Waals surface area contributed by atoms with E-state index < -0.39 is 0 Å². The minimum Gasteiger partial charge on any atom is -0.493 e. The van der Waals surface area contributed by atoms with Crippen molar-refractivity contribution in [2.45, 2.75) is 13.0 Å². The first-order valence-corrected chi connectivity index (χ1v) is 11.2. The molecule has 1 amide bonds. The van der Waals surface area contributed by atoms with Crippen LogP contribution < -0.4 is 9.47 Å². The van der Waals surface area contributed by atoms with Crippen molar-refractivity contribution in [3.8, 4) is 22.8 Å². The second kappa shape index (κ2) is 10.7. The quantitative estimate of drug-likeness (QED) is 0.359. The lowest BCUT2D eigenvalue weighted by Gasteiger charge is -2.17. The summed E-state index contributed by atoms with van der Waals surface area (Å²) in [5.41, 5.74) is 4.41. The molecule has 0 radical (unpaired) electrons. The lowest BCUT2D eigenvalue weighted by Crippen LogP contribution is -2.29. The Bertz CT molecular complexity index is 1240. The predicted octanol–water partition coefficient (Wildman–Crippen LogP) is 4.93. The number of nitrogens with zero attached hydrogens (tertiary/aromatic N) is 3. The lowest BCUT2D eigenvalue weighted by atomic mass is 10.1. The van der Waals surface area contributed by atoms with Crippen LogP contribution in [0.2, 0.25) is 0 Å². The molecule has 174 valence electrons. The molecular weight excluding hydrogens is 426 g/mol. The van der Waals surface area contributed by atoms with Crippen molar-refractivity contribution < 1.29 is 14.3 Å². The molecule has 6 heteroatoms. The summed E-state index contributed by atoms with van der Waals surface area (Å²) < 4.78 is 12.6. The number of hydrogen-bond acceptors (Lipinski definition) is 4. The monoisotopic (exact) mass is 455 g/mol. The van der Waals surface area contributed by atoms with E-state index in [1.54, 1.807) is 19.1 Å². The van der Waals surface area contributed by atoms with E-state index in [1.165, 1.54) is 0 Å². The van der Waals surface area contributed by atoms with Gasteiger partial charge in [0.25, 0.3) is 5.91 Å². The molecule has 0 unspecified atom stereocenters. The van der Waals surface area contributed by atoms with Crippen molar-refractivity contribution in [1.29, 1.82) is 0 Å². The van der Waals surface area contributed by atoms with Crippen molar-refractivity contribution in [3.63, 3.8) is 0 Å². The number of rotatable bonds is 9. The summed E-state index contributed by atoms with van der Waals surface area (Å²) in [6, 6.07) is 25.8. The smallest absolute Gasteiger partial charge is 0.257 e. The second-order valence-electron chi connectivity index (χ2n) is 8.11. The summed E-state index contributed by atoms with van der Waals surface area (Å²) in [5, 5.41) is 4.78. The number of aromatic nitrogens is 2. The van der Waals surface area contributed by atoms with Gasteiger partial charge in [-0.15, -0.1) is 0 Å². The Morgan fingerprint density at radius 1 is 0.882 bits per heavy atom. The summed E-state index contributed by atoms with van der Waals surface area (Å²) in [7, 11) is 5.06. The maximum atomic E-state index is 13.5. The van der Waals surface area contributed by atoms with E-state index >= 15 is 0 Å². The van der Waals surface area contributed by atoms with Crippen LogP contribution in [-0.2, 0) is 13.0 Å². The highest BCUT2D eigenvalue weighted by molar-refractivity contribution is 5.99. The van der Waals surface area contributed by atoms with Gasteiger partial charge in [-0.2, -0.15) is 5.10 Å². The van der Waals surface area contributed by atoms with Crippen molar-refractivity contribution in [2.24, 2.45) is 0 Å². The average Bonchev–Trinajstić information content (AvgIpc) is 3.31. The van der Waals surface area contributed by atoms with Gasteiger partial charge in [-0.3, -0.25) is 9.48 Å². The predicted molar refractivity (Wildman–Crippen MR) is 133 cm³/mol. The number of carbonyl (C=O) groups is 1. The first-order valence-electron chi connectivity index (χ1n) is 11.2. The van der Waals surface area contributed by atoms with Crippen LogP contribution in [0.1, 0.15) is 21.5 Å². The van der Waals surface area contributed by atoms with Crippen LogP contribution in [0.4, 0.5) is 0 Å². The highest BCUT2D eigenvalue weighted by Gasteiger charge is 2.21. The van der Waals surface area contributed by atoms with Crippen LogP contribution in [0, 0.1) is 0 Å². The third-order valence-corrected chi connectivity index (χ3v) is 5.76. The van der Waals surface area contributed by atoms with E-state index in [0.717, 1.165) is 16.7 Å². The van der Waals surface area contributed by atoms with Gasteiger partial charge >= 0.3 is 0 Å². The first kappa shape index (κ1) is 23.1. The Kier molecular flexibility index (Phi) is 7.28. The van der Waals surface area contributed by atoms with Gasteiger partial charge < -0.3 is 14.4 Å². The summed E-state index contributed by atoms with van der Waals surface area (Å²) in [4.78, 5) is 15.2. The number of ether oxygens (including phenoxy) is 2. The van der Waals surface area contributed by atoms with Crippen LogP contribution in [0.5, 0.6) is 11.5 Å². The molecule has 0 spiro atoms. The summed E-state index contributed by atoms with van der Waals surface area (Å²) in [5.74, 6) is 1.31. The second-order valence-corrected chi connectivity index (χ2v) is 8.11. The maximum Gasteiger partial charge on any atom is 0.257 e. The third-order valence-electron chi connectivity index (χ3n) is 5.76. The molecule has 0 bridgehead atoms. The van der Waals surface area contributed by atoms with E-state index in [9.17, 15) is 4.79 Å². The Morgan fingerprint density at radius 2 is 1.56 bits per heavy atom. The molecule has 3 aromatic carbocycles. The van der Waals surface area contributed by atoms with Crippen LogP contribution in [-0.4, -0.2) is 48.4 Å². The fourth-order valence-corrected chi connectivity index (χ4v) is 3.88. The van der Waals surface area contributed by atoms with E-state index in [1.807, 2.05) is 84.7 Å². The fraction of sp³-hybridized carbons (Fsp3) is 0.214. The highest BCUT2D eigenvalue weighted by atomic mass is 16.5.